The van der Waals surface area contributed by atoms with Crippen LogP contribution in [0, 0.1) is 0 Å². The zero-order valence-electron chi connectivity index (χ0n) is 11.2. The summed E-state index contributed by atoms with van der Waals surface area (Å²) in [5, 5.41) is 4.85. The maximum absolute atomic E-state index is 12.1. The summed E-state index contributed by atoms with van der Waals surface area (Å²) in [5.74, 6) is 0.872. The lowest BCUT2D eigenvalue weighted by molar-refractivity contribution is 0.580. The van der Waals surface area contributed by atoms with Crippen molar-refractivity contribution >= 4 is 21.4 Å². The minimum absolute atomic E-state index is 0.362. The molecule has 3 N–H and O–H groups in total. The fourth-order valence-electron chi connectivity index (χ4n) is 1.76. The first-order chi connectivity index (χ1) is 9.62. The second-order valence-corrected chi connectivity index (χ2v) is 7.25. The van der Waals surface area contributed by atoms with Crippen LogP contribution in [0.5, 0.6) is 0 Å². The van der Waals surface area contributed by atoms with E-state index in [0.717, 1.165) is 17.8 Å². The summed E-state index contributed by atoms with van der Waals surface area (Å²) in [6, 6.07) is 1.70. The van der Waals surface area contributed by atoms with Gasteiger partial charge >= 0.3 is 0 Å². The zero-order valence-corrected chi connectivity index (χ0v) is 12.9. The van der Waals surface area contributed by atoms with Gasteiger partial charge in [0.05, 0.1) is 0 Å². The molecule has 0 saturated carbocycles. The summed E-state index contributed by atoms with van der Waals surface area (Å²) in [6.45, 7) is 1.08. The van der Waals surface area contributed by atoms with E-state index < -0.39 is 10.0 Å². The molecule has 0 unspecified atom stereocenters. The van der Waals surface area contributed by atoms with E-state index in [1.165, 1.54) is 11.3 Å². The van der Waals surface area contributed by atoms with Crippen LogP contribution in [0.25, 0.3) is 0 Å². The van der Waals surface area contributed by atoms with Crippen molar-refractivity contribution in [1.29, 1.82) is 0 Å². The summed E-state index contributed by atoms with van der Waals surface area (Å²) in [7, 11) is -1.56. The largest absolute Gasteiger partial charge is 0.349 e. The van der Waals surface area contributed by atoms with Gasteiger partial charge in [0.25, 0.3) is 0 Å². The Labute approximate surface area is 122 Å². The van der Waals surface area contributed by atoms with Gasteiger partial charge in [0.15, 0.2) is 0 Å². The van der Waals surface area contributed by atoms with E-state index >= 15 is 0 Å². The van der Waals surface area contributed by atoms with Crippen LogP contribution in [0.3, 0.4) is 0 Å². The molecule has 6 nitrogen and oxygen atoms in total. The quantitative estimate of drug-likeness (QED) is 0.637. The third kappa shape index (κ3) is 4.14. The zero-order chi connectivity index (χ0) is 14.4. The molecule has 0 saturated heterocycles. The SMILES string of the molecule is CNCc1csc(S(=O)(=O)NCCCc2ncc[nH]2)c1. The summed E-state index contributed by atoms with van der Waals surface area (Å²) < 4.78 is 27.1. The molecular weight excluding hydrogens is 296 g/mol. The van der Waals surface area contributed by atoms with Gasteiger partial charge < -0.3 is 10.3 Å². The van der Waals surface area contributed by atoms with E-state index in [9.17, 15) is 8.42 Å². The lowest BCUT2D eigenvalue weighted by Gasteiger charge is -2.03. The molecule has 8 heteroatoms. The molecule has 0 bridgehead atoms. The smallest absolute Gasteiger partial charge is 0.250 e. The maximum atomic E-state index is 12.1. The van der Waals surface area contributed by atoms with Crippen molar-refractivity contribution in [2.75, 3.05) is 13.6 Å². The minimum Gasteiger partial charge on any atom is -0.349 e. The number of imidazole rings is 1. The van der Waals surface area contributed by atoms with Gasteiger partial charge in [0.2, 0.25) is 10.0 Å². The van der Waals surface area contributed by atoms with Crippen molar-refractivity contribution < 1.29 is 8.42 Å². The number of H-pyrrole nitrogens is 1. The number of aryl methyl sites for hydroxylation is 1. The Morgan fingerprint density at radius 3 is 3.00 bits per heavy atom. The van der Waals surface area contributed by atoms with Gasteiger partial charge in [-0.05, 0) is 30.5 Å². The molecule has 0 aromatic carbocycles. The third-order valence-electron chi connectivity index (χ3n) is 2.71. The summed E-state index contributed by atoms with van der Waals surface area (Å²) in [6.07, 6.45) is 4.88. The molecular formula is C12H18N4O2S2. The van der Waals surface area contributed by atoms with Crippen LogP contribution < -0.4 is 10.0 Å². The molecule has 2 heterocycles. The Hall–Kier alpha value is -1.22. The molecule has 2 rings (SSSR count). The Morgan fingerprint density at radius 1 is 1.45 bits per heavy atom. The van der Waals surface area contributed by atoms with Gasteiger partial charge in [-0.3, -0.25) is 0 Å². The molecule has 0 atom stereocenters. The van der Waals surface area contributed by atoms with Crippen molar-refractivity contribution in [3.05, 3.63) is 35.2 Å². The number of thiophene rings is 1. The molecule has 110 valence electrons. The van der Waals surface area contributed by atoms with Gasteiger partial charge in [-0.2, -0.15) is 0 Å². The molecule has 2 aromatic rings. The number of hydrogen-bond donors (Lipinski definition) is 3. The number of hydrogen-bond acceptors (Lipinski definition) is 5. The topological polar surface area (TPSA) is 86.9 Å². The van der Waals surface area contributed by atoms with Gasteiger partial charge in [0, 0.05) is 31.9 Å². The Balaban J connectivity index is 1.83. The highest BCUT2D eigenvalue weighted by atomic mass is 32.2. The fraction of sp³-hybridized carbons (Fsp3) is 0.417. The highest BCUT2D eigenvalue weighted by Gasteiger charge is 2.15. The molecule has 0 amide bonds. The summed E-state index contributed by atoms with van der Waals surface area (Å²) in [4.78, 5) is 7.09. The number of nitrogens with one attached hydrogen (secondary N) is 3. The van der Waals surface area contributed by atoms with Gasteiger partial charge in [-0.25, -0.2) is 18.1 Å². The van der Waals surface area contributed by atoms with Crippen molar-refractivity contribution in [2.24, 2.45) is 0 Å². The third-order valence-corrected chi connectivity index (χ3v) is 5.66. The molecule has 20 heavy (non-hydrogen) atoms. The maximum Gasteiger partial charge on any atom is 0.250 e. The highest BCUT2D eigenvalue weighted by Crippen LogP contribution is 2.19. The van der Waals surface area contributed by atoms with Crippen molar-refractivity contribution in [3.63, 3.8) is 0 Å². The second-order valence-electron chi connectivity index (χ2n) is 4.34. The van der Waals surface area contributed by atoms with E-state index in [2.05, 4.69) is 20.0 Å². The molecule has 0 spiro atoms. The summed E-state index contributed by atoms with van der Waals surface area (Å²) in [5.41, 5.74) is 0.980. The minimum atomic E-state index is -3.39. The Bertz CT molecular complexity index is 620. The van der Waals surface area contributed by atoms with Gasteiger partial charge in [0.1, 0.15) is 10.0 Å². The lowest BCUT2D eigenvalue weighted by Crippen LogP contribution is -2.24. The van der Waals surface area contributed by atoms with Gasteiger partial charge in [-0.1, -0.05) is 0 Å². The normalized spacial score (nSPS) is 11.8. The first-order valence-electron chi connectivity index (χ1n) is 6.32. The molecule has 0 aliphatic heterocycles. The van der Waals surface area contributed by atoms with E-state index in [0.29, 0.717) is 23.7 Å². The highest BCUT2D eigenvalue weighted by molar-refractivity contribution is 7.91. The molecule has 0 aliphatic carbocycles. The van der Waals surface area contributed by atoms with Crippen LogP contribution in [0.4, 0.5) is 0 Å². The predicted octanol–water partition coefficient (Wildman–Crippen LogP) is 1.10. The Kier molecular flexibility index (Phi) is 5.30. The average Bonchev–Trinajstić information content (AvgIpc) is 3.06. The van der Waals surface area contributed by atoms with Crippen LogP contribution in [0.2, 0.25) is 0 Å². The van der Waals surface area contributed by atoms with Crippen molar-refractivity contribution in [3.8, 4) is 0 Å². The van der Waals surface area contributed by atoms with Crippen LogP contribution in [-0.2, 0) is 23.0 Å². The number of sulfonamides is 1. The van der Waals surface area contributed by atoms with Crippen LogP contribution in [0.15, 0.2) is 28.0 Å². The van der Waals surface area contributed by atoms with Crippen LogP contribution >= 0.6 is 11.3 Å². The predicted molar refractivity (Wildman–Crippen MR) is 79.2 cm³/mol. The fourth-order valence-corrected chi connectivity index (χ4v) is 4.09. The second kappa shape index (κ2) is 6.98. The first-order valence-corrected chi connectivity index (χ1v) is 8.68. The monoisotopic (exact) mass is 314 g/mol. The number of aromatic nitrogens is 2. The molecule has 2 aromatic heterocycles. The van der Waals surface area contributed by atoms with E-state index in [1.54, 1.807) is 18.5 Å². The Morgan fingerprint density at radius 2 is 2.30 bits per heavy atom. The standard InChI is InChI=1S/C12H18N4O2S2/c1-13-8-10-7-12(19-9-10)20(17,18)16-4-2-3-11-14-5-6-15-11/h5-7,9,13,16H,2-4,8H2,1H3,(H,14,15). The van der Waals surface area contributed by atoms with Crippen LogP contribution in [-0.4, -0.2) is 32.0 Å². The molecule has 0 radical (unpaired) electrons. The summed E-state index contributed by atoms with van der Waals surface area (Å²) >= 11 is 1.24. The van der Waals surface area contributed by atoms with Crippen LogP contribution in [0.1, 0.15) is 17.8 Å². The van der Waals surface area contributed by atoms with E-state index in [1.807, 2.05) is 12.4 Å². The molecule has 0 aliphatic rings. The van der Waals surface area contributed by atoms with E-state index in [4.69, 9.17) is 0 Å². The molecule has 0 fully saturated rings. The first kappa shape index (κ1) is 15.2. The van der Waals surface area contributed by atoms with E-state index in [-0.39, 0.29) is 0 Å². The van der Waals surface area contributed by atoms with Gasteiger partial charge in [-0.15, -0.1) is 11.3 Å². The number of rotatable bonds is 8. The average molecular weight is 314 g/mol. The van der Waals surface area contributed by atoms with Crippen molar-refractivity contribution in [2.45, 2.75) is 23.6 Å². The lowest BCUT2D eigenvalue weighted by atomic mass is 10.3. The van der Waals surface area contributed by atoms with Crippen molar-refractivity contribution in [1.82, 2.24) is 20.0 Å². The number of aromatic amines is 1. The number of nitrogens with zero attached hydrogens (tertiary/aromatic N) is 1.